The highest BCUT2D eigenvalue weighted by atomic mass is 35.5. The van der Waals surface area contributed by atoms with Gasteiger partial charge >= 0.3 is 0 Å². The normalized spacial score (nSPS) is 22.4. The average Bonchev–Trinajstić information content (AvgIpc) is 3.03. The summed E-state index contributed by atoms with van der Waals surface area (Å²) in [6.45, 7) is 0. The highest BCUT2D eigenvalue weighted by Gasteiger charge is 2.37. The SMILES string of the molecule is O=C1CC(C(=O)NC2CC2)c2c(Cl)cccc21. The van der Waals surface area contributed by atoms with Gasteiger partial charge in [0.15, 0.2) is 5.78 Å². The fourth-order valence-corrected chi connectivity index (χ4v) is 2.59. The summed E-state index contributed by atoms with van der Waals surface area (Å²) in [6.07, 6.45) is 2.33. The van der Waals surface area contributed by atoms with Crippen molar-refractivity contribution >= 4 is 23.3 Å². The summed E-state index contributed by atoms with van der Waals surface area (Å²) in [7, 11) is 0. The number of carbonyl (C=O) groups is 2. The molecule has 1 aromatic carbocycles. The highest BCUT2D eigenvalue weighted by molar-refractivity contribution is 6.32. The van der Waals surface area contributed by atoms with Crippen LogP contribution in [0.25, 0.3) is 0 Å². The van der Waals surface area contributed by atoms with Crippen LogP contribution in [0.4, 0.5) is 0 Å². The van der Waals surface area contributed by atoms with Gasteiger partial charge in [0.2, 0.25) is 5.91 Å². The summed E-state index contributed by atoms with van der Waals surface area (Å²) < 4.78 is 0. The zero-order chi connectivity index (χ0) is 12.0. The van der Waals surface area contributed by atoms with E-state index in [9.17, 15) is 9.59 Å². The minimum absolute atomic E-state index is 0.0125. The number of nitrogens with one attached hydrogen (secondary N) is 1. The molecule has 1 amide bonds. The molecule has 0 aliphatic heterocycles. The molecule has 4 heteroatoms. The molecule has 1 unspecified atom stereocenters. The third-order valence-corrected chi connectivity index (χ3v) is 3.66. The van der Waals surface area contributed by atoms with Crippen molar-refractivity contribution in [1.82, 2.24) is 5.32 Å². The lowest BCUT2D eigenvalue weighted by Gasteiger charge is -2.12. The van der Waals surface area contributed by atoms with Crippen molar-refractivity contribution < 1.29 is 9.59 Å². The van der Waals surface area contributed by atoms with Crippen molar-refractivity contribution in [2.75, 3.05) is 0 Å². The van der Waals surface area contributed by atoms with Crippen LogP contribution in [0.2, 0.25) is 5.02 Å². The van der Waals surface area contributed by atoms with Crippen LogP contribution < -0.4 is 5.32 Å². The summed E-state index contributed by atoms with van der Waals surface area (Å²) in [5, 5.41) is 3.45. The Morgan fingerprint density at radius 3 is 2.82 bits per heavy atom. The number of ketones is 1. The fourth-order valence-electron chi connectivity index (χ4n) is 2.28. The van der Waals surface area contributed by atoms with E-state index in [1.807, 2.05) is 0 Å². The van der Waals surface area contributed by atoms with Crippen molar-refractivity contribution in [3.63, 3.8) is 0 Å². The molecule has 1 fully saturated rings. The Kier molecular flexibility index (Phi) is 2.44. The maximum atomic E-state index is 12.0. The van der Waals surface area contributed by atoms with Gasteiger partial charge in [-0.1, -0.05) is 23.7 Å². The number of fused-ring (bicyclic) bond motifs is 1. The van der Waals surface area contributed by atoms with Crippen LogP contribution in [0.15, 0.2) is 18.2 Å². The van der Waals surface area contributed by atoms with Gasteiger partial charge in [0.1, 0.15) is 0 Å². The predicted molar refractivity (Wildman–Crippen MR) is 64.3 cm³/mol. The van der Waals surface area contributed by atoms with Gasteiger partial charge in [-0.2, -0.15) is 0 Å². The number of hydrogen-bond donors (Lipinski definition) is 1. The van der Waals surface area contributed by atoms with Crippen molar-refractivity contribution in [3.05, 3.63) is 34.3 Å². The molecule has 1 N–H and O–H groups in total. The molecule has 2 aliphatic rings. The smallest absolute Gasteiger partial charge is 0.228 e. The van der Waals surface area contributed by atoms with E-state index in [1.165, 1.54) is 0 Å². The van der Waals surface area contributed by atoms with Crippen LogP contribution in [0.3, 0.4) is 0 Å². The molecular formula is C13H12ClNO2. The van der Waals surface area contributed by atoms with Crippen molar-refractivity contribution in [3.8, 4) is 0 Å². The molecule has 0 spiro atoms. The van der Waals surface area contributed by atoms with Gasteiger partial charge in [0.25, 0.3) is 0 Å². The molecular weight excluding hydrogens is 238 g/mol. The monoisotopic (exact) mass is 249 g/mol. The lowest BCUT2D eigenvalue weighted by molar-refractivity contribution is -0.122. The molecule has 0 bridgehead atoms. The molecule has 17 heavy (non-hydrogen) atoms. The van der Waals surface area contributed by atoms with Gasteiger partial charge in [-0.05, 0) is 24.5 Å². The van der Waals surface area contributed by atoms with E-state index in [0.29, 0.717) is 22.2 Å². The lowest BCUT2D eigenvalue weighted by atomic mass is 10.0. The molecule has 1 saturated carbocycles. The standard InChI is InChI=1S/C13H12ClNO2/c14-10-3-1-2-8-11(16)6-9(12(8)10)13(17)15-7-4-5-7/h1-3,7,9H,4-6H2,(H,15,17). The largest absolute Gasteiger partial charge is 0.353 e. The number of carbonyl (C=O) groups excluding carboxylic acids is 2. The number of amides is 1. The van der Waals surface area contributed by atoms with Crippen molar-refractivity contribution in [1.29, 1.82) is 0 Å². The minimum Gasteiger partial charge on any atom is -0.353 e. The summed E-state index contributed by atoms with van der Waals surface area (Å²) in [5.74, 6) is -0.446. The Balaban J connectivity index is 1.94. The van der Waals surface area contributed by atoms with Crippen LogP contribution in [0, 0.1) is 0 Å². The van der Waals surface area contributed by atoms with Gasteiger partial charge in [0, 0.05) is 23.0 Å². The Bertz CT molecular complexity index is 508. The van der Waals surface area contributed by atoms with E-state index in [-0.39, 0.29) is 18.1 Å². The van der Waals surface area contributed by atoms with E-state index < -0.39 is 5.92 Å². The first-order chi connectivity index (χ1) is 8.16. The quantitative estimate of drug-likeness (QED) is 0.874. The van der Waals surface area contributed by atoms with Gasteiger partial charge < -0.3 is 5.32 Å². The van der Waals surface area contributed by atoms with Crippen LogP contribution in [0.5, 0.6) is 0 Å². The third-order valence-electron chi connectivity index (χ3n) is 3.33. The number of Topliss-reactive ketones (excluding diaryl/α,β-unsaturated/α-hetero) is 1. The van der Waals surface area contributed by atoms with Crippen molar-refractivity contribution in [2.24, 2.45) is 0 Å². The number of benzene rings is 1. The highest BCUT2D eigenvalue weighted by Crippen LogP contribution is 2.38. The fraction of sp³-hybridized carbons (Fsp3) is 0.385. The molecule has 0 aromatic heterocycles. The van der Waals surface area contributed by atoms with E-state index in [2.05, 4.69) is 5.32 Å². The first-order valence-corrected chi connectivity index (χ1v) is 6.16. The van der Waals surface area contributed by atoms with Crippen LogP contribution in [0.1, 0.15) is 41.1 Å². The van der Waals surface area contributed by atoms with Crippen LogP contribution in [-0.4, -0.2) is 17.7 Å². The lowest BCUT2D eigenvalue weighted by Crippen LogP contribution is -2.30. The molecule has 2 aliphatic carbocycles. The Morgan fingerprint density at radius 1 is 1.35 bits per heavy atom. The minimum atomic E-state index is -0.396. The van der Waals surface area contributed by atoms with Gasteiger partial charge in [-0.3, -0.25) is 9.59 Å². The molecule has 1 atom stereocenters. The molecule has 3 rings (SSSR count). The maximum absolute atomic E-state index is 12.0. The molecule has 88 valence electrons. The van der Waals surface area contributed by atoms with Gasteiger partial charge in [-0.15, -0.1) is 0 Å². The molecule has 3 nitrogen and oxygen atoms in total. The van der Waals surface area contributed by atoms with E-state index in [4.69, 9.17) is 11.6 Å². The second kappa shape index (κ2) is 3.84. The number of hydrogen-bond acceptors (Lipinski definition) is 2. The molecule has 0 heterocycles. The third kappa shape index (κ3) is 1.84. The molecule has 0 radical (unpaired) electrons. The summed E-state index contributed by atoms with van der Waals surface area (Å²) >= 11 is 6.09. The van der Waals surface area contributed by atoms with Crippen molar-refractivity contribution in [2.45, 2.75) is 31.2 Å². The Morgan fingerprint density at radius 2 is 2.12 bits per heavy atom. The average molecular weight is 250 g/mol. The van der Waals surface area contributed by atoms with Gasteiger partial charge in [-0.25, -0.2) is 0 Å². The summed E-state index contributed by atoms with van der Waals surface area (Å²) in [5.41, 5.74) is 1.31. The molecule has 0 saturated heterocycles. The predicted octanol–water partition coefficient (Wildman–Crippen LogP) is 2.29. The second-order valence-electron chi connectivity index (χ2n) is 4.66. The maximum Gasteiger partial charge on any atom is 0.228 e. The Labute approximate surface area is 104 Å². The first-order valence-electron chi connectivity index (χ1n) is 5.79. The van der Waals surface area contributed by atoms with Crippen LogP contribution >= 0.6 is 11.6 Å². The topological polar surface area (TPSA) is 46.2 Å². The zero-order valence-corrected chi connectivity index (χ0v) is 9.96. The van der Waals surface area contributed by atoms with Gasteiger partial charge in [0.05, 0.1) is 5.92 Å². The van der Waals surface area contributed by atoms with E-state index in [1.54, 1.807) is 18.2 Å². The van der Waals surface area contributed by atoms with E-state index >= 15 is 0 Å². The van der Waals surface area contributed by atoms with Crippen LogP contribution in [-0.2, 0) is 4.79 Å². The summed E-state index contributed by atoms with van der Waals surface area (Å²) in [6, 6.07) is 5.54. The Hall–Kier alpha value is -1.35. The number of halogens is 1. The van der Waals surface area contributed by atoms with E-state index in [0.717, 1.165) is 12.8 Å². The zero-order valence-electron chi connectivity index (χ0n) is 9.20. The first kappa shape index (κ1) is 10.8. The second-order valence-corrected chi connectivity index (χ2v) is 5.07. The number of rotatable bonds is 2. The summed E-state index contributed by atoms with van der Waals surface area (Å²) in [4.78, 5) is 23.8. The molecule has 1 aromatic rings.